The van der Waals surface area contributed by atoms with E-state index in [4.69, 9.17) is 10.5 Å². The minimum Gasteiger partial charge on any atom is -0.384 e. The van der Waals surface area contributed by atoms with Gasteiger partial charge in [0, 0.05) is 28.8 Å². The molecule has 0 fully saturated rings. The molecule has 0 atom stereocenters. The summed E-state index contributed by atoms with van der Waals surface area (Å²) in [7, 11) is 1.72. The summed E-state index contributed by atoms with van der Waals surface area (Å²) >= 11 is 5.30. The van der Waals surface area contributed by atoms with E-state index in [-0.39, 0.29) is 0 Å². The molecule has 0 radical (unpaired) electrons. The van der Waals surface area contributed by atoms with E-state index in [9.17, 15) is 0 Å². The number of halogens is 1. The maximum atomic E-state index is 5.54. The summed E-state index contributed by atoms with van der Waals surface area (Å²) in [6.07, 6.45) is 0. The van der Waals surface area contributed by atoms with Gasteiger partial charge in [-0.3, -0.25) is 0 Å². The molecule has 0 amide bonds. The van der Waals surface area contributed by atoms with Gasteiger partial charge in [0.1, 0.15) is 0 Å². The second-order valence-corrected chi connectivity index (χ2v) is 4.80. The molecule has 2 N–H and O–H groups in total. The first-order valence-electron chi connectivity index (χ1n) is 4.38. The molecule has 14 heavy (non-hydrogen) atoms. The Balaban J connectivity index is 2.59. The number of nitrogens with two attached hydrogens (primary N) is 1. The predicted molar refractivity (Wildman–Crippen MR) is 64.6 cm³/mol. The van der Waals surface area contributed by atoms with Crippen molar-refractivity contribution in [3.05, 3.63) is 28.2 Å². The van der Waals surface area contributed by atoms with Crippen LogP contribution in [0.1, 0.15) is 5.56 Å². The van der Waals surface area contributed by atoms with Gasteiger partial charge in [-0.1, -0.05) is 6.07 Å². The number of rotatable bonds is 5. The van der Waals surface area contributed by atoms with Crippen molar-refractivity contribution in [2.24, 2.45) is 5.73 Å². The second-order valence-electron chi connectivity index (χ2n) is 2.81. The molecular weight excluding hydrogens is 262 g/mol. The molecule has 0 aromatic heterocycles. The number of ether oxygens (including phenoxy) is 1. The monoisotopic (exact) mass is 275 g/mol. The number of benzene rings is 1. The molecule has 0 aliphatic carbocycles. The van der Waals surface area contributed by atoms with Crippen molar-refractivity contribution in [2.75, 3.05) is 19.5 Å². The summed E-state index contributed by atoms with van der Waals surface area (Å²) in [5, 5.41) is 0. The summed E-state index contributed by atoms with van der Waals surface area (Å²) in [5.74, 6) is 0.969. The average molecular weight is 276 g/mol. The SMILES string of the molecule is COCCSc1ccc(CN)cc1Br. The van der Waals surface area contributed by atoms with Gasteiger partial charge in [0.25, 0.3) is 0 Å². The van der Waals surface area contributed by atoms with Crippen molar-refractivity contribution < 1.29 is 4.74 Å². The third kappa shape index (κ3) is 3.61. The zero-order valence-corrected chi connectivity index (χ0v) is 10.5. The van der Waals surface area contributed by atoms with Crippen molar-refractivity contribution in [1.82, 2.24) is 0 Å². The number of hydrogen-bond donors (Lipinski definition) is 1. The minimum atomic E-state index is 0.585. The number of thioether (sulfide) groups is 1. The highest BCUT2D eigenvalue weighted by molar-refractivity contribution is 9.10. The lowest BCUT2D eigenvalue weighted by molar-refractivity contribution is 0.218. The second kappa shape index (κ2) is 6.45. The van der Waals surface area contributed by atoms with Crippen LogP contribution in [-0.2, 0) is 11.3 Å². The van der Waals surface area contributed by atoms with Gasteiger partial charge in [-0.25, -0.2) is 0 Å². The Kier molecular flexibility index (Phi) is 5.55. The average Bonchev–Trinajstić information content (AvgIpc) is 2.20. The number of methoxy groups -OCH3 is 1. The Morgan fingerprint density at radius 1 is 1.50 bits per heavy atom. The molecule has 0 bridgehead atoms. The van der Waals surface area contributed by atoms with E-state index in [1.54, 1.807) is 18.9 Å². The summed E-state index contributed by atoms with van der Waals surface area (Å²) in [6.45, 7) is 1.36. The zero-order valence-electron chi connectivity index (χ0n) is 8.13. The first kappa shape index (κ1) is 12.0. The molecule has 0 saturated carbocycles. The van der Waals surface area contributed by atoms with Crippen LogP contribution in [0, 0.1) is 0 Å². The molecule has 0 aliphatic rings. The Morgan fingerprint density at radius 3 is 2.86 bits per heavy atom. The molecule has 1 aromatic rings. The van der Waals surface area contributed by atoms with Crippen molar-refractivity contribution >= 4 is 27.7 Å². The molecule has 1 aromatic carbocycles. The van der Waals surface area contributed by atoms with Crippen LogP contribution in [0.4, 0.5) is 0 Å². The van der Waals surface area contributed by atoms with E-state index in [1.807, 2.05) is 0 Å². The molecule has 0 spiro atoms. The van der Waals surface area contributed by atoms with Crippen molar-refractivity contribution in [1.29, 1.82) is 0 Å². The van der Waals surface area contributed by atoms with Crippen LogP contribution in [0.3, 0.4) is 0 Å². The van der Waals surface area contributed by atoms with Crippen LogP contribution in [0.25, 0.3) is 0 Å². The van der Waals surface area contributed by atoms with Crippen LogP contribution in [0.2, 0.25) is 0 Å². The van der Waals surface area contributed by atoms with Gasteiger partial charge in [0.15, 0.2) is 0 Å². The topological polar surface area (TPSA) is 35.2 Å². The minimum absolute atomic E-state index is 0.585. The quantitative estimate of drug-likeness (QED) is 0.663. The third-order valence-corrected chi connectivity index (χ3v) is 3.73. The molecule has 0 heterocycles. The third-order valence-electron chi connectivity index (χ3n) is 1.78. The fraction of sp³-hybridized carbons (Fsp3) is 0.400. The van der Waals surface area contributed by atoms with E-state index in [1.165, 1.54) is 4.90 Å². The van der Waals surface area contributed by atoms with Gasteiger partial charge in [-0.2, -0.15) is 0 Å². The van der Waals surface area contributed by atoms with Crippen LogP contribution in [0.5, 0.6) is 0 Å². The van der Waals surface area contributed by atoms with E-state index in [0.717, 1.165) is 22.4 Å². The zero-order chi connectivity index (χ0) is 10.4. The largest absolute Gasteiger partial charge is 0.384 e. The van der Waals surface area contributed by atoms with Crippen molar-refractivity contribution in [3.8, 4) is 0 Å². The van der Waals surface area contributed by atoms with Gasteiger partial charge in [-0.05, 0) is 33.6 Å². The number of hydrogen-bond acceptors (Lipinski definition) is 3. The van der Waals surface area contributed by atoms with Crippen molar-refractivity contribution in [3.63, 3.8) is 0 Å². The summed E-state index contributed by atoms with van der Waals surface area (Å²) in [6, 6.07) is 6.21. The highest BCUT2D eigenvalue weighted by Gasteiger charge is 2.01. The Bertz CT molecular complexity index is 293. The molecule has 4 heteroatoms. The van der Waals surface area contributed by atoms with Gasteiger partial charge in [-0.15, -0.1) is 11.8 Å². The van der Waals surface area contributed by atoms with Crippen LogP contribution < -0.4 is 5.73 Å². The molecule has 1 rings (SSSR count). The van der Waals surface area contributed by atoms with Gasteiger partial charge >= 0.3 is 0 Å². The Labute approximate surface area is 97.3 Å². The van der Waals surface area contributed by atoms with Gasteiger partial charge in [0.2, 0.25) is 0 Å². The molecule has 78 valence electrons. The lowest BCUT2D eigenvalue weighted by Gasteiger charge is -2.05. The highest BCUT2D eigenvalue weighted by Crippen LogP contribution is 2.28. The first-order chi connectivity index (χ1) is 6.77. The fourth-order valence-electron chi connectivity index (χ4n) is 1.02. The smallest absolute Gasteiger partial charge is 0.0556 e. The maximum Gasteiger partial charge on any atom is 0.0556 e. The molecule has 0 unspecified atom stereocenters. The van der Waals surface area contributed by atoms with E-state index in [0.29, 0.717) is 6.54 Å². The normalized spacial score (nSPS) is 10.5. The van der Waals surface area contributed by atoms with E-state index >= 15 is 0 Å². The molecule has 2 nitrogen and oxygen atoms in total. The Morgan fingerprint density at radius 2 is 2.29 bits per heavy atom. The summed E-state index contributed by atoms with van der Waals surface area (Å²) in [5.41, 5.74) is 6.69. The highest BCUT2D eigenvalue weighted by atomic mass is 79.9. The summed E-state index contributed by atoms with van der Waals surface area (Å²) in [4.78, 5) is 1.24. The predicted octanol–water partition coefficient (Wildman–Crippen LogP) is 2.65. The standard InChI is InChI=1S/C10H14BrNOS/c1-13-4-5-14-10-3-2-8(7-12)6-9(10)11/h2-3,6H,4-5,7,12H2,1H3. The van der Waals surface area contributed by atoms with Gasteiger partial charge < -0.3 is 10.5 Å². The lowest BCUT2D eigenvalue weighted by Crippen LogP contribution is -1.96. The van der Waals surface area contributed by atoms with Crippen molar-refractivity contribution in [2.45, 2.75) is 11.4 Å². The van der Waals surface area contributed by atoms with Crippen LogP contribution in [0.15, 0.2) is 27.6 Å². The van der Waals surface area contributed by atoms with E-state index < -0.39 is 0 Å². The summed E-state index contributed by atoms with van der Waals surface area (Å²) < 4.78 is 6.10. The van der Waals surface area contributed by atoms with Crippen LogP contribution in [-0.4, -0.2) is 19.5 Å². The molecule has 0 saturated heterocycles. The molecular formula is C10H14BrNOS. The lowest BCUT2D eigenvalue weighted by atomic mass is 10.2. The van der Waals surface area contributed by atoms with Crippen LogP contribution >= 0.6 is 27.7 Å². The maximum absolute atomic E-state index is 5.54. The Hall–Kier alpha value is -0.0300. The first-order valence-corrected chi connectivity index (χ1v) is 6.16. The van der Waals surface area contributed by atoms with Gasteiger partial charge in [0.05, 0.1) is 6.61 Å². The fourth-order valence-corrected chi connectivity index (χ4v) is 2.62. The molecule has 0 aliphatic heterocycles. The van der Waals surface area contributed by atoms with E-state index in [2.05, 4.69) is 34.1 Å².